The topological polar surface area (TPSA) is 61.6 Å². The van der Waals surface area contributed by atoms with Gasteiger partial charge in [0.05, 0.1) is 18.5 Å². The maximum Gasteiger partial charge on any atom is 0.250 e. The number of amides is 1. The van der Waals surface area contributed by atoms with Gasteiger partial charge in [0.1, 0.15) is 0 Å². The van der Waals surface area contributed by atoms with Gasteiger partial charge in [-0.25, -0.2) is 13.8 Å². The number of β-amino-alcohol motifs (C(OH)–C–C–N with tert-alkyl or cyclic N) is 1. The zero-order valence-corrected chi connectivity index (χ0v) is 14.4. The number of rotatable bonds is 6. The highest BCUT2D eigenvalue weighted by Gasteiger charge is 2.41. The van der Waals surface area contributed by atoms with Crippen molar-refractivity contribution in [3.63, 3.8) is 0 Å². The lowest BCUT2D eigenvalue weighted by Gasteiger charge is -2.36. The molecule has 2 aliphatic heterocycles. The van der Waals surface area contributed by atoms with Crippen molar-refractivity contribution in [2.45, 2.75) is 50.2 Å². The Morgan fingerprint density at radius 1 is 1.20 bits per heavy atom. The molecule has 0 spiro atoms. The van der Waals surface area contributed by atoms with Crippen molar-refractivity contribution in [2.75, 3.05) is 32.7 Å². The van der Waals surface area contributed by atoms with Gasteiger partial charge in [0.2, 0.25) is 5.91 Å². The first-order valence-corrected chi connectivity index (χ1v) is 8.91. The predicted molar refractivity (Wildman–Crippen MR) is 88.2 cm³/mol. The monoisotopic (exact) mass is 356 g/mol. The number of halogens is 2. The quantitative estimate of drug-likeness (QED) is 0.836. The Balaban J connectivity index is 1.41. The fourth-order valence-electron chi connectivity index (χ4n) is 3.64. The van der Waals surface area contributed by atoms with Crippen LogP contribution in [0.1, 0.15) is 32.1 Å². The summed E-state index contributed by atoms with van der Waals surface area (Å²) < 4.78 is 28.4. The number of aromatic nitrogens is 2. The van der Waals surface area contributed by atoms with E-state index in [4.69, 9.17) is 0 Å². The molecule has 0 radical (unpaired) electrons. The molecule has 0 aromatic carbocycles. The van der Waals surface area contributed by atoms with E-state index in [2.05, 4.69) is 4.98 Å². The van der Waals surface area contributed by atoms with E-state index in [0.717, 1.165) is 13.0 Å². The van der Waals surface area contributed by atoms with Crippen molar-refractivity contribution in [3.05, 3.63) is 18.7 Å². The first-order valence-electron chi connectivity index (χ1n) is 8.91. The van der Waals surface area contributed by atoms with Crippen molar-refractivity contribution in [2.24, 2.45) is 0 Å². The molecule has 0 unspecified atom stereocenters. The van der Waals surface area contributed by atoms with E-state index < -0.39 is 11.5 Å². The van der Waals surface area contributed by atoms with Crippen LogP contribution in [0.3, 0.4) is 0 Å². The minimum atomic E-state index is -2.58. The molecule has 1 aromatic heterocycles. The van der Waals surface area contributed by atoms with Gasteiger partial charge in [-0.3, -0.25) is 9.69 Å². The zero-order chi connectivity index (χ0) is 17.9. The largest absolute Gasteiger partial charge is 0.387 e. The summed E-state index contributed by atoms with van der Waals surface area (Å²) in [5.41, 5.74) is -0.980. The SMILES string of the molecule is O=C(CCCn1ccnc1)N1CC[C@@](O)(CN2CCC(F)(F)CC2)C1. The van der Waals surface area contributed by atoms with Crippen molar-refractivity contribution in [1.29, 1.82) is 0 Å². The molecule has 6 nitrogen and oxygen atoms in total. The molecule has 1 atom stereocenters. The van der Waals surface area contributed by atoms with E-state index in [0.29, 0.717) is 45.6 Å². The van der Waals surface area contributed by atoms with Crippen LogP contribution in [-0.2, 0) is 11.3 Å². The van der Waals surface area contributed by atoms with Crippen LogP contribution in [0.15, 0.2) is 18.7 Å². The van der Waals surface area contributed by atoms with Crippen LogP contribution in [0.25, 0.3) is 0 Å². The predicted octanol–water partition coefficient (Wildman–Crippen LogP) is 1.36. The lowest BCUT2D eigenvalue weighted by Crippen LogP contribution is -2.49. The summed E-state index contributed by atoms with van der Waals surface area (Å²) in [5, 5.41) is 10.7. The number of aliphatic hydroxyl groups is 1. The summed E-state index contributed by atoms with van der Waals surface area (Å²) in [7, 11) is 0. The normalized spacial score (nSPS) is 26.9. The number of nitrogens with zero attached hydrogens (tertiary/aromatic N) is 4. The number of alkyl halides is 2. The summed E-state index contributed by atoms with van der Waals surface area (Å²) in [6.07, 6.45) is 6.66. The van der Waals surface area contributed by atoms with Crippen LogP contribution in [-0.4, -0.2) is 74.6 Å². The minimum absolute atomic E-state index is 0.0428. The van der Waals surface area contributed by atoms with Crippen molar-refractivity contribution in [1.82, 2.24) is 19.4 Å². The zero-order valence-electron chi connectivity index (χ0n) is 14.4. The number of likely N-dealkylation sites (tertiary alicyclic amines) is 2. The maximum absolute atomic E-state index is 13.2. The number of hydrogen-bond donors (Lipinski definition) is 1. The van der Waals surface area contributed by atoms with Gasteiger partial charge in [0.25, 0.3) is 5.92 Å². The molecule has 0 saturated carbocycles. The van der Waals surface area contributed by atoms with Crippen molar-refractivity contribution < 1.29 is 18.7 Å². The fraction of sp³-hybridized carbons (Fsp3) is 0.765. The molecule has 3 heterocycles. The second-order valence-electron chi connectivity index (χ2n) is 7.33. The molecule has 3 rings (SSSR count). The van der Waals surface area contributed by atoms with E-state index in [-0.39, 0.29) is 18.7 Å². The minimum Gasteiger partial charge on any atom is -0.387 e. The Bertz CT molecular complexity index is 571. The highest BCUT2D eigenvalue weighted by Crippen LogP contribution is 2.30. The maximum atomic E-state index is 13.2. The first-order chi connectivity index (χ1) is 11.9. The number of hydrogen-bond acceptors (Lipinski definition) is 4. The molecule has 2 saturated heterocycles. The molecule has 0 aliphatic carbocycles. The van der Waals surface area contributed by atoms with Gasteiger partial charge in [-0.2, -0.15) is 0 Å². The highest BCUT2D eigenvalue weighted by atomic mass is 19.3. The first kappa shape index (κ1) is 18.3. The molecule has 1 N–H and O–H groups in total. The molecule has 140 valence electrons. The van der Waals surface area contributed by atoms with E-state index in [1.165, 1.54) is 0 Å². The molecule has 1 amide bonds. The van der Waals surface area contributed by atoms with Crippen LogP contribution in [0.4, 0.5) is 8.78 Å². The lowest BCUT2D eigenvalue weighted by atomic mass is 10.00. The number of piperidine rings is 1. The summed E-state index contributed by atoms with van der Waals surface area (Å²) in [4.78, 5) is 19.9. The van der Waals surface area contributed by atoms with Gasteiger partial charge >= 0.3 is 0 Å². The standard InChI is InChI=1S/C17H26F2N4O2/c18-17(19)4-8-21(9-5-17)12-16(25)3-10-23(13-16)15(24)2-1-7-22-11-6-20-14-22/h6,11,14,25H,1-5,7-10,12-13H2/t16-/m1/s1. The smallest absolute Gasteiger partial charge is 0.250 e. The summed E-state index contributed by atoms with van der Waals surface area (Å²) >= 11 is 0. The van der Waals surface area contributed by atoms with Crippen molar-refractivity contribution >= 4 is 5.91 Å². The van der Waals surface area contributed by atoms with E-state index in [1.807, 2.05) is 15.7 Å². The molecule has 1 aromatic rings. The fourth-order valence-corrected chi connectivity index (χ4v) is 3.64. The molecule has 0 bridgehead atoms. The Hall–Kier alpha value is -1.54. The number of imidazole rings is 1. The third-order valence-corrected chi connectivity index (χ3v) is 5.16. The average Bonchev–Trinajstić information content (AvgIpc) is 3.20. The third-order valence-electron chi connectivity index (χ3n) is 5.16. The summed E-state index contributed by atoms with van der Waals surface area (Å²) in [6.45, 7) is 2.53. The molecule has 2 aliphatic rings. The van der Waals surface area contributed by atoms with Gasteiger partial charge in [0, 0.05) is 64.4 Å². The van der Waals surface area contributed by atoms with E-state index >= 15 is 0 Å². The molecular formula is C17H26F2N4O2. The van der Waals surface area contributed by atoms with E-state index in [1.54, 1.807) is 17.4 Å². The molecular weight excluding hydrogens is 330 g/mol. The van der Waals surface area contributed by atoms with Gasteiger partial charge in [-0.15, -0.1) is 0 Å². The number of aryl methyl sites for hydroxylation is 1. The summed E-state index contributed by atoms with van der Waals surface area (Å²) in [5.74, 6) is -2.53. The number of carbonyl (C=O) groups excluding carboxylic acids is 1. The van der Waals surface area contributed by atoms with Gasteiger partial charge in [-0.05, 0) is 12.8 Å². The number of carbonyl (C=O) groups is 1. The lowest BCUT2D eigenvalue weighted by molar-refractivity contribution is -0.131. The van der Waals surface area contributed by atoms with E-state index in [9.17, 15) is 18.7 Å². The van der Waals surface area contributed by atoms with Gasteiger partial charge < -0.3 is 14.6 Å². The van der Waals surface area contributed by atoms with Gasteiger partial charge in [-0.1, -0.05) is 0 Å². The Kier molecular flexibility index (Phi) is 5.38. The van der Waals surface area contributed by atoms with Crippen LogP contribution >= 0.6 is 0 Å². The second-order valence-corrected chi connectivity index (χ2v) is 7.33. The van der Waals surface area contributed by atoms with Crippen LogP contribution in [0.5, 0.6) is 0 Å². The van der Waals surface area contributed by atoms with Crippen LogP contribution in [0, 0.1) is 0 Å². The van der Waals surface area contributed by atoms with Crippen LogP contribution < -0.4 is 0 Å². The molecule has 2 fully saturated rings. The van der Waals surface area contributed by atoms with Gasteiger partial charge in [0.15, 0.2) is 0 Å². The Labute approximate surface area is 146 Å². The van der Waals surface area contributed by atoms with Crippen LogP contribution in [0.2, 0.25) is 0 Å². The molecule has 8 heteroatoms. The molecule has 25 heavy (non-hydrogen) atoms. The second kappa shape index (κ2) is 7.37. The van der Waals surface area contributed by atoms with Crippen molar-refractivity contribution in [3.8, 4) is 0 Å². The average molecular weight is 356 g/mol. The Morgan fingerprint density at radius 2 is 1.96 bits per heavy atom. The Morgan fingerprint density at radius 3 is 2.64 bits per heavy atom. The summed E-state index contributed by atoms with van der Waals surface area (Å²) in [6, 6.07) is 0. The highest BCUT2D eigenvalue weighted by molar-refractivity contribution is 5.76. The third kappa shape index (κ3) is 4.98.